The molecule has 0 saturated heterocycles. The van der Waals surface area contributed by atoms with Crippen LogP contribution in [0.15, 0.2) is 18.5 Å². The lowest BCUT2D eigenvalue weighted by molar-refractivity contribution is -0.141. The van der Waals surface area contributed by atoms with Crippen molar-refractivity contribution < 1.29 is 9.53 Å². The van der Waals surface area contributed by atoms with Gasteiger partial charge in [0, 0.05) is 12.4 Å². The molecule has 0 spiro atoms. The molecule has 1 rings (SSSR count). The molecule has 1 aromatic heterocycles. The smallest absolute Gasteiger partial charge is 0.317 e. The molecule has 0 saturated carbocycles. The molecule has 1 heterocycles. The Hall–Kier alpha value is -1.89. The van der Waals surface area contributed by atoms with Gasteiger partial charge in [0.1, 0.15) is 6.42 Å². The molecule has 0 aliphatic heterocycles. The molecule has 72 valence electrons. The molecule has 0 aliphatic carbocycles. The van der Waals surface area contributed by atoms with Gasteiger partial charge < -0.3 is 4.74 Å². The predicted molar refractivity (Wildman–Crippen MR) is 50.2 cm³/mol. The minimum Gasteiger partial charge on any atom is -0.465 e. The average Bonchev–Trinajstić information content (AvgIpc) is 2.20. The zero-order valence-electron chi connectivity index (χ0n) is 7.86. The second kappa shape index (κ2) is 5.70. The van der Waals surface area contributed by atoms with Gasteiger partial charge in [0.2, 0.25) is 5.82 Å². The fourth-order valence-corrected chi connectivity index (χ4v) is 0.771. The number of carbonyl (C=O) groups is 1. The first kappa shape index (κ1) is 10.2. The Balaban J connectivity index is 2.45. The van der Waals surface area contributed by atoms with E-state index in [9.17, 15) is 4.79 Å². The van der Waals surface area contributed by atoms with Crippen LogP contribution in [0, 0.1) is 11.8 Å². The molecule has 0 bridgehead atoms. The Labute approximate surface area is 82.3 Å². The summed E-state index contributed by atoms with van der Waals surface area (Å²) >= 11 is 0. The molecule has 4 nitrogen and oxygen atoms in total. The van der Waals surface area contributed by atoms with Crippen LogP contribution in [0.1, 0.15) is 19.2 Å². The summed E-state index contributed by atoms with van der Waals surface area (Å²) < 4.78 is 4.70. The highest BCUT2D eigenvalue weighted by Crippen LogP contribution is 1.86. The van der Waals surface area contributed by atoms with Crippen molar-refractivity contribution >= 4 is 5.97 Å². The van der Waals surface area contributed by atoms with Crippen molar-refractivity contribution in [2.45, 2.75) is 13.3 Å². The maximum absolute atomic E-state index is 10.9. The summed E-state index contributed by atoms with van der Waals surface area (Å²) in [6.45, 7) is 2.13. The van der Waals surface area contributed by atoms with Gasteiger partial charge in [-0.15, -0.1) is 0 Å². The van der Waals surface area contributed by atoms with E-state index in [1.807, 2.05) is 0 Å². The molecule has 0 unspecified atom stereocenters. The zero-order chi connectivity index (χ0) is 10.2. The lowest BCUT2D eigenvalue weighted by Gasteiger charge is -1.94. The van der Waals surface area contributed by atoms with E-state index < -0.39 is 0 Å². The topological polar surface area (TPSA) is 52.1 Å². The number of aromatic nitrogens is 2. The summed E-state index contributed by atoms with van der Waals surface area (Å²) in [5, 5.41) is 0. The van der Waals surface area contributed by atoms with Crippen molar-refractivity contribution in [3.05, 3.63) is 24.3 Å². The quantitative estimate of drug-likeness (QED) is 0.511. The van der Waals surface area contributed by atoms with Gasteiger partial charge in [-0.25, -0.2) is 9.97 Å². The monoisotopic (exact) mass is 190 g/mol. The maximum atomic E-state index is 10.9. The molecule has 0 amide bonds. The third-order valence-electron chi connectivity index (χ3n) is 1.30. The summed E-state index contributed by atoms with van der Waals surface area (Å²) in [7, 11) is 0. The van der Waals surface area contributed by atoms with Crippen molar-refractivity contribution in [1.29, 1.82) is 0 Å². The van der Waals surface area contributed by atoms with Gasteiger partial charge in [-0.05, 0) is 18.9 Å². The number of hydrogen-bond acceptors (Lipinski definition) is 4. The Bertz CT molecular complexity index is 351. The van der Waals surface area contributed by atoms with Gasteiger partial charge in [-0.1, -0.05) is 5.92 Å². The number of rotatable bonds is 2. The van der Waals surface area contributed by atoms with E-state index in [2.05, 4.69) is 21.8 Å². The Morgan fingerprint density at radius 1 is 1.50 bits per heavy atom. The number of nitrogens with zero attached hydrogens (tertiary/aromatic N) is 2. The summed E-state index contributed by atoms with van der Waals surface area (Å²) in [4.78, 5) is 18.6. The van der Waals surface area contributed by atoms with E-state index in [4.69, 9.17) is 4.74 Å². The number of esters is 1. The SMILES string of the molecule is CCOC(=O)CC#Cc1ncccn1. The molecule has 0 aliphatic rings. The molecule has 0 aromatic carbocycles. The van der Waals surface area contributed by atoms with Gasteiger partial charge in [0.05, 0.1) is 6.61 Å². The van der Waals surface area contributed by atoms with Crippen LogP contribution >= 0.6 is 0 Å². The van der Waals surface area contributed by atoms with Crippen LogP contribution in [0.2, 0.25) is 0 Å². The normalized spacial score (nSPS) is 8.64. The van der Waals surface area contributed by atoms with E-state index in [-0.39, 0.29) is 12.4 Å². The van der Waals surface area contributed by atoms with E-state index in [0.717, 1.165) is 0 Å². The molecule has 0 fully saturated rings. The van der Waals surface area contributed by atoms with Gasteiger partial charge >= 0.3 is 5.97 Å². The largest absolute Gasteiger partial charge is 0.465 e. The van der Waals surface area contributed by atoms with E-state index in [1.54, 1.807) is 25.4 Å². The number of ether oxygens (including phenoxy) is 1. The first-order chi connectivity index (χ1) is 6.83. The second-order valence-electron chi connectivity index (χ2n) is 2.36. The van der Waals surface area contributed by atoms with Crippen LogP contribution < -0.4 is 0 Å². The van der Waals surface area contributed by atoms with E-state index in [0.29, 0.717) is 12.4 Å². The lowest BCUT2D eigenvalue weighted by Crippen LogP contribution is -2.01. The lowest BCUT2D eigenvalue weighted by atomic mass is 10.4. The molecular weight excluding hydrogens is 180 g/mol. The molecule has 4 heteroatoms. The standard InChI is InChI=1S/C10H10N2O2/c1-2-14-10(13)6-3-5-9-11-7-4-8-12-9/h4,7-8H,2,6H2,1H3. The molecule has 0 radical (unpaired) electrons. The summed E-state index contributed by atoms with van der Waals surface area (Å²) in [6, 6.07) is 1.70. The fraction of sp³-hybridized carbons (Fsp3) is 0.300. The summed E-state index contributed by atoms with van der Waals surface area (Å²) in [5.74, 6) is 5.39. The highest BCUT2D eigenvalue weighted by Gasteiger charge is 1.95. The highest BCUT2D eigenvalue weighted by molar-refractivity contribution is 5.72. The Morgan fingerprint density at radius 2 is 2.21 bits per heavy atom. The van der Waals surface area contributed by atoms with Crippen LogP contribution in [0.3, 0.4) is 0 Å². The third-order valence-corrected chi connectivity index (χ3v) is 1.30. The van der Waals surface area contributed by atoms with Crippen molar-refractivity contribution in [2.75, 3.05) is 6.61 Å². The Kier molecular flexibility index (Phi) is 4.15. The average molecular weight is 190 g/mol. The molecule has 14 heavy (non-hydrogen) atoms. The van der Waals surface area contributed by atoms with Gasteiger partial charge in [-0.3, -0.25) is 4.79 Å². The number of carbonyl (C=O) groups excluding carboxylic acids is 1. The van der Waals surface area contributed by atoms with Crippen LogP contribution in [-0.4, -0.2) is 22.5 Å². The number of hydrogen-bond donors (Lipinski definition) is 0. The van der Waals surface area contributed by atoms with Crippen LogP contribution in [0.25, 0.3) is 0 Å². The fourth-order valence-electron chi connectivity index (χ4n) is 0.771. The van der Waals surface area contributed by atoms with Gasteiger partial charge in [-0.2, -0.15) is 0 Å². The van der Waals surface area contributed by atoms with E-state index in [1.165, 1.54) is 0 Å². The van der Waals surface area contributed by atoms with Crippen molar-refractivity contribution in [1.82, 2.24) is 9.97 Å². The summed E-state index contributed by atoms with van der Waals surface area (Å²) in [5.41, 5.74) is 0. The van der Waals surface area contributed by atoms with Crippen LogP contribution in [0.5, 0.6) is 0 Å². The Morgan fingerprint density at radius 3 is 2.86 bits per heavy atom. The molecule has 0 atom stereocenters. The molecule has 1 aromatic rings. The van der Waals surface area contributed by atoms with Crippen LogP contribution in [0.4, 0.5) is 0 Å². The van der Waals surface area contributed by atoms with Crippen molar-refractivity contribution in [3.63, 3.8) is 0 Å². The van der Waals surface area contributed by atoms with Gasteiger partial charge in [0.15, 0.2) is 0 Å². The van der Waals surface area contributed by atoms with Gasteiger partial charge in [0.25, 0.3) is 0 Å². The minimum atomic E-state index is -0.323. The first-order valence-corrected chi connectivity index (χ1v) is 4.24. The maximum Gasteiger partial charge on any atom is 0.317 e. The predicted octanol–water partition coefficient (Wildman–Crippen LogP) is 0.781. The zero-order valence-corrected chi connectivity index (χ0v) is 7.86. The minimum absolute atomic E-state index is 0.0755. The summed E-state index contributed by atoms with van der Waals surface area (Å²) in [6.07, 6.45) is 3.27. The molecule has 0 N–H and O–H groups in total. The third kappa shape index (κ3) is 3.68. The first-order valence-electron chi connectivity index (χ1n) is 4.24. The van der Waals surface area contributed by atoms with E-state index >= 15 is 0 Å². The highest BCUT2D eigenvalue weighted by atomic mass is 16.5. The second-order valence-corrected chi connectivity index (χ2v) is 2.36. The van der Waals surface area contributed by atoms with Crippen molar-refractivity contribution in [2.24, 2.45) is 0 Å². The van der Waals surface area contributed by atoms with Crippen LogP contribution in [-0.2, 0) is 9.53 Å². The van der Waals surface area contributed by atoms with Crippen molar-refractivity contribution in [3.8, 4) is 11.8 Å². The molecular formula is C10H10N2O2.